The van der Waals surface area contributed by atoms with Gasteiger partial charge in [-0.25, -0.2) is 8.42 Å². The van der Waals surface area contributed by atoms with Crippen molar-refractivity contribution in [2.24, 2.45) is 0 Å². The number of hydrogen-bond donors (Lipinski definition) is 2. The van der Waals surface area contributed by atoms with Crippen molar-refractivity contribution in [3.05, 3.63) is 24.0 Å². The van der Waals surface area contributed by atoms with Crippen molar-refractivity contribution in [3.8, 4) is 0 Å². The normalized spacial score (nSPS) is 11.0. The molecule has 6 nitrogen and oxygen atoms in total. The summed E-state index contributed by atoms with van der Waals surface area (Å²) in [6, 6.07) is 1.61. The molecule has 1 amide bonds. The lowest BCUT2D eigenvalue weighted by atomic mass is 10.2. The second-order valence-electron chi connectivity index (χ2n) is 3.91. The van der Waals surface area contributed by atoms with E-state index in [1.807, 2.05) is 0 Å². The van der Waals surface area contributed by atoms with Gasteiger partial charge in [-0.1, -0.05) is 0 Å². The Morgan fingerprint density at radius 3 is 2.78 bits per heavy atom. The minimum Gasteiger partial charge on any atom is -0.386 e. The average molecular weight is 271 g/mol. The minimum absolute atomic E-state index is 0.0719. The third kappa shape index (κ3) is 4.70. The predicted molar refractivity (Wildman–Crippen MR) is 70.4 cm³/mol. The number of nitrogens with zero attached hydrogens (tertiary/aromatic N) is 1. The summed E-state index contributed by atoms with van der Waals surface area (Å²) in [5.41, 5.74) is 1.13. The fourth-order valence-corrected chi connectivity index (χ4v) is 2.09. The van der Waals surface area contributed by atoms with E-state index in [0.29, 0.717) is 24.2 Å². The molecule has 0 aliphatic rings. The van der Waals surface area contributed by atoms with Crippen LogP contribution in [0.1, 0.15) is 16.8 Å². The molecule has 0 bridgehead atoms. The van der Waals surface area contributed by atoms with Crippen molar-refractivity contribution in [3.63, 3.8) is 0 Å². The molecule has 0 spiro atoms. The molecule has 1 rings (SSSR count). The molecule has 100 valence electrons. The Morgan fingerprint density at radius 1 is 1.44 bits per heavy atom. The summed E-state index contributed by atoms with van der Waals surface area (Å²) in [6.45, 7) is 0.331. The molecule has 0 fully saturated rings. The summed E-state index contributed by atoms with van der Waals surface area (Å²) < 4.78 is 21.8. The summed E-state index contributed by atoms with van der Waals surface area (Å²) in [5.74, 6) is -0.169. The summed E-state index contributed by atoms with van der Waals surface area (Å²) in [5, 5.41) is 5.55. The van der Waals surface area contributed by atoms with Crippen molar-refractivity contribution in [2.45, 2.75) is 6.42 Å². The first-order chi connectivity index (χ1) is 8.44. The molecule has 0 aliphatic heterocycles. The predicted octanol–water partition coefficient (Wildman–Crippen LogP) is 0.288. The van der Waals surface area contributed by atoms with Gasteiger partial charge in [0.25, 0.3) is 5.91 Å². The lowest BCUT2D eigenvalue weighted by Crippen LogP contribution is -2.26. The van der Waals surface area contributed by atoms with Crippen LogP contribution in [0.25, 0.3) is 0 Å². The smallest absolute Gasteiger partial charge is 0.253 e. The van der Waals surface area contributed by atoms with E-state index in [9.17, 15) is 13.2 Å². The van der Waals surface area contributed by atoms with Crippen LogP contribution >= 0.6 is 0 Å². The molecule has 1 heterocycles. The highest BCUT2D eigenvalue weighted by atomic mass is 32.2. The maximum atomic E-state index is 11.8. The molecule has 0 radical (unpaired) electrons. The molecule has 7 heteroatoms. The number of nitrogens with one attached hydrogen (secondary N) is 2. The summed E-state index contributed by atoms with van der Waals surface area (Å²) >= 11 is 0. The second kappa shape index (κ2) is 6.34. The quantitative estimate of drug-likeness (QED) is 0.726. The fraction of sp³-hybridized carbons (Fsp3) is 0.455. The highest BCUT2D eigenvalue weighted by molar-refractivity contribution is 7.90. The zero-order chi connectivity index (χ0) is 13.6. The van der Waals surface area contributed by atoms with Gasteiger partial charge in [0.05, 0.1) is 23.2 Å². The van der Waals surface area contributed by atoms with E-state index < -0.39 is 9.84 Å². The first-order valence-electron chi connectivity index (χ1n) is 5.52. The van der Waals surface area contributed by atoms with Gasteiger partial charge in [0.1, 0.15) is 9.84 Å². The first-order valence-corrected chi connectivity index (χ1v) is 7.58. The van der Waals surface area contributed by atoms with E-state index in [4.69, 9.17) is 0 Å². The maximum absolute atomic E-state index is 11.8. The Hall–Kier alpha value is -1.63. The fourth-order valence-electron chi connectivity index (χ4n) is 1.42. The lowest BCUT2D eigenvalue weighted by Gasteiger charge is -2.08. The van der Waals surface area contributed by atoms with E-state index in [0.717, 1.165) is 0 Å². The molecule has 0 saturated heterocycles. The van der Waals surface area contributed by atoms with E-state index in [1.165, 1.54) is 12.5 Å². The average Bonchev–Trinajstić information content (AvgIpc) is 2.33. The summed E-state index contributed by atoms with van der Waals surface area (Å²) in [6.07, 6.45) is 4.68. The highest BCUT2D eigenvalue weighted by Crippen LogP contribution is 2.11. The molecular weight excluding hydrogens is 254 g/mol. The Labute approximate surface area is 107 Å². The second-order valence-corrected chi connectivity index (χ2v) is 6.17. The Kier molecular flexibility index (Phi) is 5.08. The molecule has 2 N–H and O–H groups in total. The van der Waals surface area contributed by atoms with Crippen LogP contribution in [0.4, 0.5) is 5.69 Å². The standard InChI is InChI=1S/C11H17N3O3S/c1-12-10-8-13-6-4-9(10)11(15)14-5-3-7-18(2,16)17/h4,6,8,12H,3,5,7H2,1-2H3,(H,14,15). The van der Waals surface area contributed by atoms with Crippen LogP contribution in [0, 0.1) is 0 Å². The number of carbonyl (C=O) groups excluding carboxylic acids is 1. The maximum Gasteiger partial charge on any atom is 0.253 e. The molecule has 1 aromatic rings. The van der Waals surface area contributed by atoms with Gasteiger partial charge >= 0.3 is 0 Å². The van der Waals surface area contributed by atoms with Crippen molar-refractivity contribution in [1.29, 1.82) is 0 Å². The van der Waals surface area contributed by atoms with Crippen LogP contribution < -0.4 is 10.6 Å². The van der Waals surface area contributed by atoms with Gasteiger partial charge in [-0.15, -0.1) is 0 Å². The first kappa shape index (κ1) is 14.4. The van der Waals surface area contributed by atoms with Crippen LogP contribution in [0.3, 0.4) is 0 Å². The van der Waals surface area contributed by atoms with E-state index >= 15 is 0 Å². The Balaban J connectivity index is 2.51. The van der Waals surface area contributed by atoms with Crippen LogP contribution in [0.15, 0.2) is 18.5 Å². The van der Waals surface area contributed by atoms with E-state index in [2.05, 4.69) is 15.6 Å². The number of aromatic nitrogens is 1. The van der Waals surface area contributed by atoms with Gasteiger partial charge in [0, 0.05) is 26.0 Å². The van der Waals surface area contributed by atoms with E-state index in [1.54, 1.807) is 19.3 Å². The number of rotatable bonds is 6. The van der Waals surface area contributed by atoms with Crippen molar-refractivity contribution < 1.29 is 13.2 Å². The molecule has 0 aromatic carbocycles. The van der Waals surface area contributed by atoms with Gasteiger partial charge in [-0.3, -0.25) is 9.78 Å². The molecule has 0 aliphatic carbocycles. The number of sulfone groups is 1. The number of amides is 1. The Morgan fingerprint density at radius 2 is 2.17 bits per heavy atom. The topological polar surface area (TPSA) is 88.2 Å². The molecular formula is C11H17N3O3S. The molecule has 1 aromatic heterocycles. The summed E-state index contributed by atoms with van der Waals surface area (Å²) in [7, 11) is -1.27. The number of anilines is 1. The summed E-state index contributed by atoms with van der Waals surface area (Å²) in [4.78, 5) is 15.7. The van der Waals surface area contributed by atoms with Crippen LogP contribution in [-0.4, -0.2) is 44.9 Å². The third-order valence-electron chi connectivity index (χ3n) is 2.31. The SMILES string of the molecule is CNc1cnccc1C(=O)NCCCS(C)(=O)=O. The zero-order valence-electron chi connectivity index (χ0n) is 10.4. The van der Waals surface area contributed by atoms with Crippen molar-refractivity contribution in [2.75, 3.05) is 30.9 Å². The van der Waals surface area contributed by atoms with Crippen LogP contribution in [0.2, 0.25) is 0 Å². The number of carbonyl (C=O) groups is 1. The Bertz CT molecular complexity index is 514. The molecule has 0 atom stereocenters. The van der Waals surface area contributed by atoms with Crippen LogP contribution in [0.5, 0.6) is 0 Å². The number of hydrogen-bond acceptors (Lipinski definition) is 5. The van der Waals surface area contributed by atoms with Crippen molar-refractivity contribution in [1.82, 2.24) is 10.3 Å². The van der Waals surface area contributed by atoms with Gasteiger partial charge < -0.3 is 10.6 Å². The molecule has 0 unspecified atom stereocenters. The minimum atomic E-state index is -2.97. The largest absolute Gasteiger partial charge is 0.386 e. The van der Waals surface area contributed by atoms with E-state index in [-0.39, 0.29) is 11.7 Å². The van der Waals surface area contributed by atoms with Crippen molar-refractivity contribution >= 4 is 21.4 Å². The van der Waals surface area contributed by atoms with Crippen LogP contribution in [-0.2, 0) is 9.84 Å². The van der Waals surface area contributed by atoms with Gasteiger partial charge in [-0.2, -0.15) is 0 Å². The monoisotopic (exact) mass is 271 g/mol. The third-order valence-corrected chi connectivity index (χ3v) is 3.34. The zero-order valence-corrected chi connectivity index (χ0v) is 11.3. The van der Waals surface area contributed by atoms with Gasteiger partial charge in [0.2, 0.25) is 0 Å². The number of pyridine rings is 1. The highest BCUT2D eigenvalue weighted by Gasteiger charge is 2.10. The lowest BCUT2D eigenvalue weighted by molar-refractivity contribution is 0.0954. The molecule has 18 heavy (non-hydrogen) atoms. The van der Waals surface area contributed by atoms with Gasteiger partial charge in [-0.05, 0) is 12.5 Å². The molecule has 0 saturated carbocycles. The van der Waals surface area contributed by atoms with Gasteiger partial charge in [0.15, 0.2) is 0 Å².